The fourth-order valence-corrected chi connectivity index (χ4v) is 4.18. The fourth-order valence-electron chi connectivity index (χ4n) is 2.30. The number of nitrogens with zero attached hydrogens (tertiary/aromatic N) is 2. The Kier molecular flexibility index (Phi) is 5.56. The van der Waals surface area contributed by atoms with E-state index in [4.69, 9.17) is 0 Å². The van der Waals surface area contributed by atoms with Gasteiger partial charge >= 0.3 is 6.18 Å². The number of carbonyl (C=O) groups excluding carboxylic acids is 1. The molecule has 10 heteroatoms. The number of amides is 1. The van der Waals surface area contributed by atoms with Crippen molar-refractivity contribution in [2.45, 2.75) is 11.3 Å². The average molecular weight is 413 g/mol. The van der Waals surface area contributed by atoms with E-state index < -0.39 is 18.6 Å². The van der Waals surface area contributed by atoms with Crippen molar-refractivity contribution < 1.29 is 18.0 Å². The zero-order valence-corrected chi connectivity index (χ0v) is 15.7. The van der Waals surface area contributed by atoms with Crippen molar-refractivity contribution in [3.05, 3.63) is 46.8 Å². The Morgan fingerprint density at radius 1 is 1.30 bits per heavy atom. The van der Waals surface area contributed by atoms with Crippen LogP contribution in [0.4, 0.5) is 13.2 Å². The number of rotatable bonds is 5. The van der Waals surface area contributed by atoms with Gasteiger partial charge in [-0.05, 0) is 11.6 Å². The van der Waals surface area contributed by atoms with E-state index in [0.717, 1.165) is 22.2 Å². The van der Waals surface area contributed by atoms with E-state index in [0.29, 0.717) is 10.2 Å². The van der Waals surface area contributed by atoms with E-state index in [2.05, 4.69) is 4.98 Å². The molecule has 2 heterocycles. The highest BCUT2D eigenvalue weighted by atomic mass is 32.2. The van der Waals surface area contributed by atoms with Crippen LogP contribution in [0, 0.1) is 0 Å². The molecule has 27 heavy (non-hydrogen) atoms. The molecular weight excluding hydrogens is 399 g/mol. The van der Waals surface area contributed by atoms with E-state index >= 15 is 0 Å². The lowest BCUT2D eigenvalue weighted by Gasteiger charge is -2.09. The SMILES string of the molecule is Cn1c(SCC(=O)NCC(F)(F)F)nc2sc(-c3ccccc3)cc2c1=O. The zero-order valence-electron chi connectivity index (χ0n) is 14.0. The molecule has 3 aromatic rings. The number of halogens is 3. The van der Waals surface area contributed by atoms with Crippen LogP contribution in [-0.4, -0.2) is 33.9 Å². The van der Waals surface area contributed by atoms with Crippen LogP contribution in [0.2, 0.25) is 0 Å². The second kappa shape index (κ2) is 7.73. The molecule has 1 amide bonds. The van der Waals surface area contributed by atoms with Crippen molar-refractivity contribution in [2.75, 3.05) is 12.3 Å². The average Bonchev–Trinajstić information content (AvgIpc) is 3.06. The smallest absolute Gasteiger partial charge is 0.346 e. The van der Waals surface area contributed by atoms with E-state index in [1.807, 2.05) is 30.3 Å². The van der Waals surface area contributed by atoms with Crippen molar-refractivity contribution >= 4 is 39.2 Å². The molecule has 0 saturated heterocycles. The maximum Gasteiger partial charge on any atom is 0.405 e. The summed E-state index contributed by atoms with van der Waals surface area (Å²) in [4.78, 5) is 29.9. The molecule has 0 fully saturated rings. The van der Waals surface area contributed by atoms with Gasteiger partial charge in [-0.25, -0.2) is 4.98 Å². The van der Waals surface area contributed by atoms with Gasteiger partial charge in [0.2, 0.25) is 5.91 Å². The lowest BCUT2D eigenvalue weighted by molar-refractivity contribution is -0.136. The molecule has 0 spiro atoms. The van der Waals surface area contributed by atoms with Crippen LogP contribution < -0.4 is 10.9 Å². The summed E-state index contributed by atoms with van der Waals surface area (Å²) in [7, 11) is 1.52. The molecule has 0 bridgehead atoms. The van der Waals surface area contributed by atoms with Gasteiger partial charge in [-0.15, -0.1) is 11.3 Å². The van der Waals surface area contributed by atoms with Crippen molar-refractivity contribution in [3.8, 4) is 10.4 Å². The van der Waals surface area contributed by atoms with Gasteiger partial charge in [0.05, 0.1) is 11.1 Å². The minimum atomic E-state index is -4.46. The van der Waals surface area contributed by atoms with Crippen molar-refractivity contribution in [3.63, 3.8) is 0 Å². The topological polar surface area (TPSA) is 64.0 Å². The third kappa shape index (κ3) is 4.69. The first-order valence-electron chi connectivity index (χ1n) is 7.77. The number of nitrogens with one attached hydrogen (secondary N) is 1. The van der Waals surface area contributed by atoms with Gasteiger partial charge < -0.3 is 5.32 Å². The monoisotopic (exact) mass is 413 g/mol. The van der Waals surface area contributed by atoms with Crippen LogP contribution in [0.5, 0.6) is 0 Å². The molecular formula is C17H14F3N3O2S2. The number of benzene rings is 1. The van der Waals surface area contributed by atoms with Crippen LogP contribution in [0.15, 0.2) is 46.3 Å². The summed E-state index contributed by atoms with van der Waals surface area (Å²) < 4.78 is 37.7. The minimum Gasteiger partial charge on any atom is -0.346 e. The first-order valence-corrected chi connectivity index (χ1v) is 9.57. The van der Waals surface area contributed by atoms with Crippen molar-refractivity contribution in [1.29, 1.82) is 0 Å². The van der Waals surface area contributed by atoms with Gasteiger partial charge in [-0.3, -0.25) is 14.2 Å². The van der Waals surface area contributed by atoms with Gasteiger partial charge in [-0.1, -0.05) is 42.1 Å². The third-order valence-corrected chi connectivity index (χ3v) is 5.72. The van der Waals surface area contributed by atoms with Crippen LogP contribution in [0.25, 0.3) is 20.7 Å². The molecule has 0 radical (unpaired) electrons. The van der Waals surface area contributed by atoms with Crippen molar-refractivity contribution in [2.24, 2.45) is 7.05 Å². The summed E-state index contributed by atoms with van der Waals surface area (Å²) >= 11 is 2.27. The Hall–Kier alpha value is -2.33. The molecule has 0 unspecified atom stereocenters. The Morgan fingerprint density at radius 2 is 2.00 bits per heavy atom. The minimum absolute atomic E-state index is 0.265. The largest absolute Gasteiger partial charge is 0.405 e. The molecule has 0 aliphatic heterocycles. The molecule has 0 saturated carbocycles. The summed E-state index contributed by atoms with van der Waals surface area (Å²) in [5.41, 5.74) is 0.694. The highest BCUT2D eigenvalue weighted by molar-refractivity contribution is 7.99. The summed E-state index contributed by atoms with van der Waals surface area (Å²) in [5.74, 6) is -1.04. The van der Waals surface area contributed by atoms with Crippen LogP contribution in [-0.2, 0) is 11.8 Å². The lowest BCUT2D eigenvalue weighted by atomic mass is 10.2. The molecule has 142 valence electrons. The maximum absolute atomic E-state index is 12.6. The number of thiophene rings is 1. The first kappa shape index (κ1) is 19.4. The molecule has 0 aliphatic carbocycles. The molecule has 2 aromatic heterocycles. The molecule has 3 rings (SSSR count). The van der Waals surface area contributed by atoms with E-state index in [1.165, 1.54) is 23.0 Å². The third-order valence-electron chi connectivity index (χ3n) is 3.61. The number of hydrogen-bond donors (Lipinski definition) is 1. The number of hydrogen-bond acceptors (Lipinski definition) is 5. The van der Waals surface area contributed by atoms with Crippen LogP contribution in [0.1, 0.15) is 0 Å². The lowest BCUT2D eigenvalue weighted by Crippen LogP contribution is -2.34. The maximum atomic E-state index is 12.6. The normalized spacial score (nSPS) is 11.7. The summed E-state index contributed by atoms with van der Waals surface area (Å²) in [6.07, 6.45) is -4.46. The Bertz CT molecular complexity index is 1030. The van der Waals surface area contributed by atoms with Gasteiger partial charge in [0.1, 0.15) is 11.4 Å². The molecule has 1 aromatic carbocycles. The van der Waals surface area contributed by atoms with Gasteiger partial charge in [0.25, 0.3) is 5.56 Å². The fraction of sp³-hybridized carbons (Fsp3) is 0.235. The molecule has 0 aliphatic rings. The van der Waals surface area contributed by atoms with E-state index in [-0.39, 0.29) is 16.5 Å². The van der Waals surface area contributed by atoms with Crippen LogP contribution >= 0.6 is 23.1 Å². The van der Waals surface area contributed by atoms with E-state index in [1.54, 1.807) is 11.4 Å². The highest BCUT2D eigenvalue weighted by Crippen LogP contribution is 2.31. The molecule has 0 atom stereocenters. The molecule has 1 N–H and O–H groups in total. The van der Waals surface area contributed by atoms with E-state index in [9.17, 15) is 22.8 Å². The Labute approximate surface area is 160 Å². The predicted octanol–water partition coefficient (Wildman–Crippen LogP) is 3.43. The second-order valence-corrected chi connectivity index (χ2v) is 7.61. The zero-order chi connectivity index (χ0) is 19.6. The van der Waals surface area contributed by atoms with Gasteiger partial charge in [0, 0.05) is 11.9 Å². The standard InChI is InChI=1S/C17H14F3N3O2S2/c1-23-15(25)11-7-12(10-5-3-2-4-6-10)27-14(11)22-16(23)26-8-13(24)21-9-17(18,19)20/h2-7H,8-9H2,1H3,(H,21,24). The summed E-state index contributed by atoms with van der Waals surface area (Å²) in [5, 5.41) is 2.53. The summed E-state index contributed by atoms with van der Waals surface area (Å²) in [6, 6.07) is 11.3. The highest BCUT2D eigenvalue weighted by Gasteiger charge is 2.27. The second-order valence-electron chi connectivity index (χ2n) is 5.63. The number of alkyl halides is 3. The Morgan fingerprint density at radius 3 is 2.67 bits per heavy atom. The molecule has 5 nitrogen and oxygen atoms in total. The number of carbonyl (C=O) groups is 1. The quantitative estimate of drug-likeness (QED) is 0.514. The number of fused-ring (bicyclic) bond motifs is 1. The first-order chi connectivity index (χ1) is 12.7. The number of thioether (sulfide) groups is 1. The van der Waals surface area contributed by atoms with Crippen LogP contribution in [0.3, 0.4) is 0 Å². The summed E-state index contributed by atoms with van der Waals surface area (Å²) in [6.45, 7) is -1.39. The van der Waals surface area contributed by atoms with Gasteiger partial charge in [-0.2, -0.15) is 13.2 Å². The van der Waals surface area contributed by atoms with Crippen molar-refractivity contribution in [1.82, 2.24) is 14.9 Å². The Balaban J connectivity index is 1.81. The predicted molar refractivity (Wildman–Crippen MR) is 100 cm³/mol. The van der Waals surface area contributed by atoms with Gasteiger partial charge in [0.15, 0.2) is 5.16 Å². The number of aromatic nitrogens is 2.